The second-order valence-electron chi connectivity index (χ2n) is 9.14. The maximum atomic E-state index is 4.21. The van der Waals surface area contributed by atoms with Gasteiger partial charge in [0, 0.05) is 0 Å². The molecule has 1 radical (unpaired) electrons. The second kappa shape index (κ2) is 6.08. The highest BCUT2D eigenvalue weighted by molar-refractivity contribution is 6.51. The van der Waals surface area contributed by atoms with Crippen LogP contribution >= 0.6 is 0 Å². The van der Waals surface area contributed by atoms with E-state index in [1.165, 1.54) is 56.0 Å². The summed E-state index contributed by atoms with van der Waals surface area (Å²) in [5.74, 6) is 3.61. The van der Waals surface area contributed by atoms with E-state index in [1.807, 2.05) is 0 Å². The summed E-state index contributed by atoms with van der Waals surface area (Å²) < 4.78 is 0. The zero-order valence-corrected chi connectivity index (χ0v) is 15.8. The molecule has 0 amide bonds. The van der Waals surface area contributed by atoms with Gasteiger partial charge in [0.05, 0.1) is 0 Å². The summed E-state index contributed by atoms with van der Waals surface area (Å²) in [7, 11) is 2.24. The molecule has 127 valence electrons. The second-order valence-corrected chi connectivity index (χ2v) is 9.14. The van der Waals surface area contributed by atoms with Gasteiger partial charge in [-0.25, -0.2) is 0 Å². The zero-order valence-electron chi connectivity index (χ0n) is 15.8. The number of allylic oxidation sites excluding steroid dienone is 1. The van der Waals surface area contributed by atoms with Crippen LogP contribution in [0, 0.1) is 23.2 Å². The van der Waals surface area contributed by atoms with Crippen molar-refractivity contribution < 1.29 is 0 Å². The first-order chi connectivity index (χ1) is 11.5. The van der Waals surface area contributed by atoms with Gasteiger partial charge in [-0.15, -0.1) is 6.58 Å². The lowest BCUT2D eigenvalue weighted by Gasteiger charge is -2.51. The minimum Gasteiger partial charge on any atom is -0.100 e. The van der Waals surface area contributed by atoms with Crippen molar-refractivity contribution in [3.05, 3.63) is 41.5 Å². The van der Waals surface area contributed by atoms with Crippen molar-refractivity contribution in [1.82, 2.24) is 0 Å². The Morgan fingerprint density at radius 1 is 1.25 bits per heavy atom. The molecule has 3 aliphatic rings. The molecule has 5 atom stereocenters. The van der Waals surface area contributed by atoms with Gasteiger partial charge in [-0.1, -0.05) is 43.0 Å². The summed E-state index contributed by atoms with van der Waals surface area (Å²) in [6.45, 7) is 11.2. The Bertz CT molecular complexity index is 645. The summed E-state index contributed by atoms with van der Waals surface area (Å²) in [6.07, 6.45) is 9.72. The molecule has 0 bridgehead atoms. The maximum Gasteiger partial charge on any atom is 0.148 e. The molecule has 1 aromatic carbocycles. The van der Waals surface area contributed by atoms with E-state index in [4.69, 9.17) is 0 Å². The number of benzene rings is 1. The van der Waals surface area contributed by atoms with Crippen LogP contribution in [0.25, 0.3) is 0 Å². The van der Waals surface area contributed by atoms with Crippen LogP contribution in [-0.4, -0.2) is 7.28 Å². The molecule has 5 unspecified atom stereocenters. The van der Waals surface area contributed by atoms with Crippen LogP contribution in [0.15, 0.2) is 30.4 Å². The van der Waals surface area contributed by atoms with Gasteiger partial charge in [0.2, 0.25) is 0 Å². The Morgan fingerprint density at radius 2 is 2.08 bits per heavy atom. The Balaban J connectivity index is 1.62. The number of fused-ring (bicyclic) bond motifs is 5. The lowest BCUT2D eigenvalue weighted by atomic mass is 9.53. The standard InChI is InChI=1S/C23H32B/c1-15(2)13-17-6-10-22-21-8-5-16-14-18(24-4)7-9-19(16)20(21)11-12-23(17,22)3/h7,9,14,17,20-22H,1,5-6,8,10-13H2,2-4H3. The average molecular weight is 319 g/mol. The van der Waals surface area contributed by atoms with E-state index in [1.54, 1.807) is 11.1 Å². The van der Waals surface area contributed by atoms with Crippen LogP contribution in [0.2, 0.25) is 6.82 Å². The van der Waals surface area contributed by atoms with Gasteiger partial charge in [-0.05, 0) is 92.1 Å². The van der Waals surface area contributed by atoms with Gasteiger partial charge < -0.3 is 0 Å². The molecule has 3 aliphatic carbocycles. The van der Waals surface area contributed by atoms with Crippen LogP contribution in [0.5, 0.6) is 0 Å². The predicted octanol–water partition coefficient (Wildman–Crippen LogP) is 5.50. The SMILES string of the molecule is C=C(C)CC1CCC2C3CCc4cc([B]C)ccc4C3CCC12C. The molecule has 1 heteroatoms. The third-order valence-electron chi connectivity index (χ3n) is 7.88. The first-order valence-electron chi connectivity index (χ1n) is 10.1. The Hall–Kier alpha value is -0.975. The highest BCUT2D eigenvalue weighted by atomic mass is 14.6. The third kappa shape index (κ3) is 2.50. The van der Waals surface area contributed by atoms with Crippen molar-refractivity contribution in [1.29, 1.82) is 0 Å². The van der Waals surface area contributed by atoms with Crippen molar-refractivity contribution in [2.75, 3.05) is 0 Å². The van der Waals surface area contributed by atoms with E-state index in [0.717, 1.165) is 23.7 Å². The fourth-order valence-corrected chi connectivity index (χ4v) is 6.65. The molecule has 0 aromatic heterocycles. The first kappa shape index (κ1) is 16.5. The molecule has 0 saturated heterocycles. The number of rotatable bonds is 3. The van der Waals surface area contributed by atoms with Gasteiger partial charge >= 0.3 is 0 Å². The number of hydrogen-bond acceptors (Lipinski definition) is 0. The number of hydrogen-bond donors (Lipinski definition) is 0. The summed E-state index contributed by atoms with van der Waals surface area (Å²) in [6, 6.07) is 7.26. The van der Waals surface area contributed by atoms with Crippen molar-refractivity contribution in [2.45, 2.75) is 71.5 Å². The van der Waals surface area contributed by atoms with Crippen molar-refractivity contribution >= 4 is 12.7 Å². The highest BCUT2D eigenvalue weighted by Crippen LogP contribution is 2.63. The smallest absolute Gasteiger partial charge is 0.100 e. The molecule has 1 aromatic rings. The van der Waals surface area contributed by atoms with E-state index in [0.29, 0.717) is 5.41 Å². The fourth-order valence-electron chi connectivity index (χ4n) is 6.65. The van der Waals surface area contributed by atoms with Gasteiger partial charge in [0.15, 0.2) is 0 Å². The molecular formula is C23H32B. The van der Waals surface area contributed by atoms with Crippen LogP contribution in [0.1, 0.15) is 69.4 Å². The molecule has 2 saturated carbocycles. The van der Waals surface area contributed by atoms with E-state index in [-0.39, 0.29) is 0 Å². The quantitative estimate of drug-likeness (QED) is 0.509. The van der Waals surface area contributed by atoms with E-state index in [9.17, 15) is 0 Å². The minimum absolute atomic E-state index is 0.578. The third-order valence-corrected chi connectivity index (χ3v) is 7.88. The van der Waals surface area contributed by atoms with Crippen molar-refractivity contribution in [2.24, 2.45) is 23.2 Å². The fraction of sp³-hybridized carbons (Fsp3) is 0.652. The van der Waals surface area contributed by atoms with E-state index < -0.39 is 0 Å². The average Bonchev–Trinajstić information content (AvgIpc) is 2.90. The molecule has 0 aliphatic heterocycles. The largest absolute Gasteiger partial charge is 0.148 e. The molecule has 4 rings (SSSR count). The Kier molecular flexibility index (Phi) is 4.18. The molecule has 0 heterocycles. The minimum atomic E-state index is 0.578. The van der Waals surface area contributed by atoms with Crippen LogP contribution in [0.3, 0.4) is 0 Å². The Labute approximate surface area is 149 Å². The lowest BCUT2D eigenvalue weighted by molar-refractivity contribution is 0.0286. The predicted molar refractivity (Wildman–Crippen MR) is 105 cm³/mol. The monoisotopic (exact) mass is 319 g/mol. The van der Waals surface area contributed by atoms with E-state index >= 15 is 0 Å². The van der Waals surface area contributed by atoms with Crippen LogP contribution in [0.4, 0.5) is 0 Å². The van der Waals surface area contributed by atoms with Crippen molar-refractivity contribution in [3.63, 3.8) is 0 Å². The molecule has 0 nitrogen and oxygen atoms in total. The van der Waals surface area contributed by atoms with Gasteiger partial charge in [0.1, 0.15) is 7.28 Å². The van der Waals surface area contributed by atoms with Gasteiger partial charge in [-0.2, -0.15) is 0 Å². The normalized spacial score (nSPS) is 37.3. The van der Waals surface area contributed by atoms with Crippen LogP contribution < -0.4 is 5.46 Å². The van der Waals surface area contributed by atoms with Gasteiger partial charge in [0.25, 0.3) is 0 Å². The van der Waals surface area contributed by atoms with Crippen molar-refractivity contribution in [3.8, 4) is 0 Å². The highest BCUT2D eigenvalue weighted by Gasteiger charge is 2.54. The molecule has 0 N–H and O–H groups in total. The van der Waals surface area contributed by atoms with Crippen LogP contribution in [-0.2, 0) is 6.42 Å². The summed E-state index contributed by atoms with van der Waals surface area (Å²) in [4.78, 5) is 0. The first-order valence-corrected chi connectivity index (χ1v) is 10.1. The molecule has 2 fully saturated rings. The summed E-state index contributed by atoms with van der Waals surface area (Å²) >= 11 is 0. The summed E-state index contributed by atoms with van der Waals surface area (Å²) in [5, 5.41) is 0. The van der Waals surface area contributed by atoms with E-state index in [2.05, 4.69) is 52.7 Å². The molecule has 24 heavy (non-hydrogen) atoms. The maximum absolute atomic E-state index is 4.21. The van der Waals surface area contributed by atoms with Gasteiger partial charge in [-0.3, -0.25) is 0 Å². The zero-order chi connectivity index (χ0) is 16.9. The Morgan fingerprint density at radius 3 is 2.83 bits per heavy atom. The molecule has 0 spiro atoms. The topological polar surface area (TPSA) is 0 Å². The molecular weight excluding hydrogens is 287 g/mol. The number of aryl methyl sites for hydroxylation is 1. The lowest BCUT2D eigenvalue weighted by Crippen LogP contribution is -2.42. The summed E-state index contributed by atoms with van der Waals surface area (Å²) in [5.41, 5.74) is 6.71.